The third-order valence-corrected chi connectivity index (χ3v) is 4.75. The number of nitrogens with zero attached hydrogens (tertiary/aromatic N) is 5. The van der Waals surface area contributed by atoms with E-state index in [9.17, 15) is 0 Å². The monoisotopic (exact) mass is 302 g/mol. The smallest absolute Gasteiger partial charge is 0.227 e. The zero-order chi connectivity index (χ0) is 14.9. The molecule has 1 unspecified atom stereocenters. The van der Waals surface area contributed by atoms with Crippen LogP contribution in [0.2, 0.25) is 0 Å². The van der Waals surface area contributed by atoms with Gasteiger partial charge in [0.2, 0.25) is 5.95 Å². The van der Waals surface area contributed by atoms with E-state index in [1.807, 2.05) is 6.20 Å². The second kappa shape index (κ2) is 5.72. The molecule has 1 aliphatic heterocycles. The molecule has 2 aromatic heterocycles. The molecule has 1 aliphatic carbocycles. The van der Waals surface area contributed by atoms with Gasteiger partial charge in [0, 0.05) is 31.2 Å². The third kappa shape index (κ3) is 2.29. The van der Waals surface area contributed by atoms with Crippen LogP contribution in [-0.4, -0.2) is 51.3 Å². The van der Waals surface area contributed by atoms with Crippen LogP contribution >= 0.6 is 0 Å². The van der Waals surface area contributed by atoms with Crippen molar-refractivity contribution in [1.29, 1.82) is 0 Å². The fourth-order valence-electron chi connectivity index (χ4n) is 3.55. The highest BCUT2D eigenvalue weighted by Gasteiger charge is 2.28. The molecule has 2 aromatic rings. The van der Waals surface area contributed by atoms with Gasteiger partial charge in [-0.25, -0.2) is 0 Å². The third-order valence-electron chi connectivity index (χ3n) is 4.75. The van der Waals surface area contributed by atoms with Gasteiger partial charge in [0.05, 0.1) is 19.4 Å². The molecule has 22 heavy (non-hydrogen) atoms. The van der Waals surface area contributed by atoms with Crippen molar-refractivity contribution < 1.29 is 4.74 Å². The lowest BCUT2D eigenvalue weighted by Crippen LogP contribution is -2.38. The van der Waals surface area contributed by atoms with Crippen molar-refractivity contribution in [2.75, 3.05) is 31.2 Å². The van der Waals surface area contributed by atoms with Crippen LogP contribution in [0.5, 0.6) is 0 Å². The van der Waals surface area contributed by atoms with E-state index in [1.54, 1.807) is 0 Å². The van der Waals surface area contributed by atoms with Gasteiger partial charge in [0.15, 0.2) is 0 Å². The van der Waals surface area contributed by atoms with Crippen molar-refractivity contribution in [3.63, 3.8) is 0 Å². The van der Waals surface area contributed by atoms with Crippen LogP contribution in [0.4, 0.5) is 5.95 Å². The van der Waals surface area contributed by atoms with Gasteiger partial charge in [-0.15, -0.1) is 10.2 Å². The summed E-state index contributed by atoms with van der Waals surface area (Å²) in [6, 6.07) is 0. The average Bonchev–Trinajstić information content (AvgIpc) is 3.21. The number of aromatic amines is 1. The maximum atomic E-state index is 5.44. The molecule has 3 heterocycles. The van der Waals surface area contributed by atoms with Crippen molar-refractivity contribution in [3.05, 3.63) is 23.3 Å². The molecule has 0 saturated carbocycles. The Morgan fingerprint density at radius 1 is 1.32 bits per heavy atom. The molecular weight excluding hydrogens is 280 g/mol. The minimum atomic E-state index is 0.437. The summed E-state index contributed by atoms with van der Waals surface area (Å²) >= 11 is 0. The summed E-state index contributed by atoms with van der Waals surface area (Å²) in [5, 5.41) is 16.3. The molecule has 7 nitrogen and oxygen atoms in total. The Bertz CT molecular complexity index is 642. The van der Waals surface area contributed by atoms with Crippen LogP contribution in [0.3, 0.4) is 0 Å². The standard InChI is InChI=1S/C15H22N6O/c1-2-21-14(11-3-4-13-12(9-11)10-16-17-13)18-19-15(21)20-5-7-22-8-6-20/h10-11H,2-9H2,1H3,(H,16,17). The van der Waals surface area contributed by atoms with Gasteiger partial charge in [0.25, 0.3) is 0 Å². The van der Waals surface area contributed by atoms with Crippen LogP contribution in [-0.2, 0) is 24.1 Å². The molecule has 1 N–H and O–H groups in total. The highest BCUT2D eigenvalue weighted by molar-refractivity contribution is 5.33. The van der Waals surface area contributed by atoms with Crippen LogP contribution in [0, 0.1) is 0 Å². The van der Waals surface area contributed by atoms with E-state index < -0.39 is 0 Å². The van der Waals surface area contributed by atoms with Gasteiger partial charge >= 0.3 is 0 Å². The Kier molecular flexibility index (Phi) is 3.57. The predicted octanol–water partition coefficient (Wildman–Crippen LogP) is 1.13. The van der Waals surface area contributed by atoms with Crippen LogP contribution < -0.4 is 4.90 Å². The first-order valence-corrected chi connectivity index (χ1v) is 8.13. The number of rotatable bonds is 3. The average molecular weight is 302 g/mol. The second-order valence-corrected chi connectivity index (χ2v) is 6.02. The number of morpholine rings is 1. The normalized spacial score (nSPS) is 21.9. The Morgan fingerprint density at radius 3 is 3.00 bits per heavy atom. The number of ether oxygens (including phenoxy) is 1. The molecule has 0 radical (unpaired) electrons. The number of hydrogen-bond donors (Lipinski definition) is 1. The molecule has 4 rings (SSSR count). The number of hydrogen-bond acceptors (Lipinski definition) is 5. The molecule has 0 amide bonds. The van der Waals surface area contributed by atoms with Crippen LogP contribution in [0.25, 0.3) is 0 Å². The topological polar surface area (TPSA) is 71.9 Å². The molecule has 1 saturated heterocycles. The summed E-state index contributed by atoms with van der Waals surface area (Å²) in [5.41, 5.74) is 2.61. The molecule has 118 valence electrons. The summed E-state index contributed by atoms with van der Waals surface area (Å²) in [4.78, 5) is 2.29. The van der Waals surface area contributed by atoms with E-state index in [1.165, 1.54) is 11.3 Å². The van der Waals surface area contributed by atoms with E-state index in [2.05, 4.69) is 36.8 Å². The Morgan fingerprint density at radius 2 is 2.18 bits per heavy atom. The van der Waals surface area contributed by atoms with Crippen LogP contribution in [0.1, 0.15) is 36.3 Å². The highest BCUT2D eigenvalue weighted by atomic mass is 16.5. The van der Waals surface area contributed by atoms with Crippen LogP contribution in [0.15, 0.2) is 6.20 Å². The molecule has 1 fully saturated rings. The lowest BCUT2D eigenvalue weighted by Gasteiger charge is -2.28. The fraction of sp³-hybridized carbons (Fsp3) is 0.667. The maximum Gasteiger partial charge on any atom is 0.227 e. The summed E-state index contributed by atoms with van der Waals surface area (Å²) in [6.45, 7) is 6.41. The first-order chi connectivity index (χ1) is 10.9. The van der Waals surface area contributed by atoms with Crippen molar-refractivity contribution in [2.45, 2.75) is 38.6 Å². The largest absolute Gasteiger partial charge is 0.378 e. The zero-order valence-corrected chi connectivity index (χ0v) is 13.0. The van der Waals surface area contributed by atoms with Crippen molar-refractivity contribution in [2.24, 2.45) is 0 Å². The molecular formula is C15H22N6O. The van der Waals surface area contributed by atoms with E-state index in [4.69, 9.17) is 4.74 Å². The predicted molar refractivity (Wildman–Crippen MR) is 82.1 cm³/mol. The van der Waals surface area contributed by atoms with E-state index in [0.717, 1.165) is 63.9 Å². The lowest BCUT2D eigenvalue weighted by molar-refractivity contribution is 0.121. The minimum absolute atomic E-state index is 0.437. The molecule has 2 aliphatic rings. The van der Waals surface area contributed by atoms with E-state index in [-0.39, 0.29) is 0 Å². The summed E-state index contributed by atoms with van der Waals surface area (Å²) in [6.07, 6.45) is 5.12. The number of anilines is 1. The zero-order valence-electron chi connectivity index (χ0n) is 13.0. The lowest BCUT2D eigenvalue weighted by atomic mass is 9.87. The maximum absolute atomic E-state index is 5.44. The highest BCUT2D eigenvalue weighted by Crippen LogP contribution is 2.32. The van der Waals surface area contributed by atoms with Gasteiger partial charge in [-0.05, 0) is 31.7 Å². The molecule has 7 heteroatoms. The van der Waals surface area contributed by atoms with Crippen molar-refractivity contribution >= 4 is 5.95 Å². The molecule has 1 atom stereocenters. The number of aryl methyl sites for hydroxylation is 1. The SMILES string of the molecule is CCn1c(C2CCc3[nH]ncc3C2)nnc1N1CCOCC1. The van der Waals surface area contributed by atoms with E-state index in [0.29, 0.717) is 5.92 Å². The summed E-state index contributed by atoms with van der Waals surface area (Å²) in [7, 11) is 0. The van der Waals surface area contributed by atoms with Gasteiger partial charge in [-0.2, -0.15) is 5.10 Å². The van der Waals surface area contributed by atoms with Gasteiger partial charge < -0.3 is 9.64 Å². The Hall–Kier alpha value is -1.89. The van der Waals surface area contributed by atoms with Gasteiger partial charge in [-0.3, -0.25) is 9.67 Å². The Labute approximate surface area is 129 Å². The molecule has 0 aromatic carbocycles. The number of aromatic nitrogens is 5. The molecule has 0 bridgehead atoms. The van der Waals surface area contributed by atoms with Gasteiger partial charge in [-0.1, -0.05) is 0 Å². The second-order valence-electron chi connectivity index (χ2n) is 6.02. The minimum Gasteiger partial charge on any atom is -0.378 e. The van der Waals surface area contributed by atoms with E-state index >= 15 is 0 Å². The summed E-state index contributed by atoms with van der Waals surface area (Å²) < 4.78 is 7.72. The number of fused-ring (bicyclic) bond motifs is 1. The van der Waals surface area contributed by atoms with Crippen molar-refractivity contribution in [1.82, 2.24) is 25.0 Å². The van der Waals surface area contributed by atoms with Gasteiger partial charge in [0.1, 0.15) is 5.82 Å². The number of H-pyrrole nitrogens is 1. The van der Waals surface area contributed by atoms with Crippen molar-refractivity contribution in [3.8, 4) is 0 Å². The quantitative estimate of drug-likeness (QED) is 0.920. The first kappa shape index (κ1) is 13.8. The summed E-state index contributed by atoms with van der Waals surface area (Å²) in [5.74, 6) is 2.56. The molecule has 0 spiro atoms. The fourth-order valence-corrected chi connectivity index (χ4v) is 3.55. The first-order valence-electron chi connectivity index (χ1n) is 8.13. The Balaban J connectivity index is 1.61. The number of nitrogens with one attached hydrogen (secondary N) is 1.